The second kappa shape index (κ2) is 5.82. The number of rotatable bonds is 4. The first-order chi connectivity index (χ1) is 7.26. The Balaban J connectivity index is 2.60. The maximum atomic E-state index is 11.0. The Morgan fingerprint density at radius 3 is 2.67 bits per heavy atom. The van der Waals surface area contributed by atoms with Crippen LogP contribution in [0.25, 0.3) is 6.08 Å². The standard InChI is InChI=1S/C11H14N2O2/c1-2-15-11(14)8-5-9-3-6-10(13-12)7-4-9/h3-8,13H,2,12H2,1H3. The Labute approximate surface area is 88.7 Å². The number of benzene rings is 1. The summed E-state index contributed by atoms with van der Waals surface area (Å²) in [5.41, 5.74) is 4.26. The summed E-state index contributed by atoms with van der Waals surface area (Å²) in [4.78, 5) is 11.0. The number of carbonyl (C=O) groups is 1. The fourth-order valence-corrected chi connectivity index (χ4v) is 1.05. The Morgan fingerprint density at radius 2 is 2.13 bits per heavy atom. The number of carbonyl (C=O) groups excluding carboxylic acids is 1. The van der Waals surface area contributed by atoms with Crippen LogP contribution in [0.2, 0.25) is 0 Å². The van der Waals surface area contributed by atoms with Crippen LogP contribution in [-0.2, 0) is 9.53 Å². The van der Waals surface area contributed by atoms with Crippen LogP contribution >= 0.6 is 0 Å². The van der Waals surface area contributed by atoms with Crippen LogP contribution in [-0.4, -0.2) is 12.6 Å². The van der Waals surface area contributed by atoms with Crippen molar-refractivity contribution >= 4 is 17.7 Å². The van der Waals surface area contributed by atoms with Crippen molar-refractivity contribution in [3.8, 4) is 0 Å². The summed E-state index contributed by atoms with van der Waals surface area (Å²) in [5, 5.41) is 0. The molecule has 1 aromatic rings. The van der Waals surface area contributed by atoms with E-state index in [1.54, 1.807) is 13.0 Å². The van der Waals surface area contributed by atoms with Crippen LogP contribution in [0.3, 0.4) is 0 Å². The van der Waals surface area contributed by atoms with E-state index in [1.165, 1.54) is 6.08 Å². The SMILES string of the molecule is CCOC(=O)C=Cc1ccc(NN)cc1. The predicted octanol–water partition coefficient (Wildman–Crippen LogP) is 1.55. The molecule has 1 rings (SSSR count). The minimum Gasteiger partial charge on any atom is -0.463 e. The normalized spacial score (nSPS) is 10.3. The average Bonchev–Trinajstić information content (AvgIpc) is 2.27. The van der Waals surface area contributed by atoms with E-state index < -0.39 is 0 Å². The predicted molar refractivity (Wildman–Crippen MR) is 59.9 cm³/mol. The van der Waals surface area contributed by atoms with Gasteiger partial charge in [0.25, 0.3) is 0 Å². The van der Waals surface area contributed by atoms with Gasteiger partial charge in [0.05, 0.1) is 6.61 Å². The number of ether oxygens (including phenoxy) is 1. The van der Waals surface area contributed by atoms with E-state index in [9.17, 15) is 4.79 Å². The molecule has 0 fully saturated rings. The Hall–Kier alpha value is -1.81. The Morgan fingerprint density at radius 1 is 1.47 bits per heavy atom. The fraction of sp³-hybridized carbons (Fsp3) is 0.182. The smallest absolute Gasteiger partial charge is 0.330 e. The summed E-state index contributed by atoms with van der Waals surface area (Å²) < 4.78 is 4.75. The van der Waals surface area contributed by atoms with Crippen molar-refractivity contribution in [2.75, 3.05) is 12.0 Å². The van der Waals surface area contributed by atoms with Gasteiger partial charge in [0, 0.05) is 11.8 Å². The molecule has 0 heterocycles. The number of nitrogens with two attached hydrogens (primary N) is 1. The first-order valence-electron chi connectivity index (χ1n) is 4.67. The van der Waals surface area contributed by atoms with Crippen molar-refractivity contribution in [1.82, 2.24) is 0 Å². The van der Waals surface area contributed by atoms with Crippen LogP contribution < -0.4 is 11.3 Å². The first kappa shape index (κ1) is 11.3. The van der Waals surface area contributed by atoms with Gasteiger partial charge in [-0.1, -0.05) is 12.1 Å². The summed E-state index contributed by atoms with van der Waals surface area (Å²) in [7, 11) is 0. The van der Waals surface area contributed by atoms with Gasteiger partial charge in [0.15, 0.2) is 0 Å². The summed E-state index contributed by atoms with van der Waals surface area (Å²) in [6, 6.07) is 7.35. The van der Waals surface area contributed by atoms with Crippen molar-refractivity contribution < 1.29 is 9.53 Å². The highest BCUT2D eigenvalue weighted by molar-refractivity contribution is 5.87. The van der Waals surface area contributed by atoms with Crippen molar-refractivity contribution in [1.29, 1.82) is 0 Å². The van der Waals surface area contributed by atoms with Crippen LogP contribution in [0.15, 0.2) is 30.3 Å². The van der Waals surface area contributed by atoms with Crippen LogP contribution in [0.5, 0.6) is 0 Å². The third-order valence-electron chi connectivity index (χ3n) is 1.78. The lowest BCUT2D eigenvalue weighted by molar-refractivity contribution is -0.137. The third kappa shape index (κ3) is 3.83. The zero-order valence-corrected chi connectivity index (χ0v) is 8.57. The molecule has 0 saturated carbocycles. The first-order valence-corrected chi connectivity index (χ1v) is 4.67. The molecule has 15 heavy (non-hydrogen) atoms. The van der Waals surface area contributed by atoms with Crippen LogP contribution in [0, 0.1) is 0 Å². The van der Waals surface area contributed by atoms with Crippen LogP contribution in [0.4, 0.5) is 5.69 Å². The molecule has 0 atom stereocenters. The van der Waals surface area contributed by atoms with E-state index in [4.69, 9.17) is 10.6 Å². The molecule has 0 amide bonds. The summed E-state index contributed by atoms with van der Waals surface area (Å²) >= 11 is 0. The highest BCUT2D eigenvalue weighted by Gasteiger charge is 1.93. The van der Waals surface area contributed by atoms with Gasteiger partial charge < -0.3 is 10.2 Å². The minimum absolute atomic E-state index is 0.335. The molecule has 1 aromatic carbocycles. The molecule has 4 nitrogen and oxygen atoms in total. The number of anilines is 1. The number of esters is 1. The van der Waals surface area contributed by atoms with E-state index in [2.05, 4.69) is 5.43 Å². The van der Waals surface area contributed by atoms with E-state index in [0.717, 1.165) is 11.3 Å². The number of nitrogen functional groups attached to an aromatic ring is 1. The molecular formula is C11H14N2O2. The maximum absolute atomic E-state index is 11.0. The largest absolute Gasteiger partial charge is 0.463 e. The van der Waals surface area contributed by atoms with Crippen molar-refractivity contribution in [2.45, 2.75) is 6.92 Å². The topological polar surface area (TPSA) is 64.3 Å². The number of hydrogen-bond donors (Lipinski definition) is 2. The van der Waals surface area contributed by atoms with Gasteiger partial charge in [-0.2, -0.15) is 0 Å². The van der Waals surface area contributed by atoms with Crippen molar-refractivity contribution in [3.05, 3.63) is 35.9 Å². The van der Waals surface area contributed by atoms with E-state index in [0.29, 0.717) is 6.61 Å². The van der Waals surface area contributed by atoms with Gasteiger partial charge in [-0.25, -0.2) is 4.79 Å². The molecule has 0 aliphatic carbocycles. The molecule has 0 aliphatic heterocycles. The molecule has 0 radical (unpaired) electrons. The van der Waals surface area contributed by atoms with E-state index in [1.807, 2.05) is 24.3 Å². The lowest BCUT2D eigenvalue weighted by Crippen LogP contribution is -2.05. The molecule has 0 spiro atoms. The summed E-state index contributed by atoms with van der Waals surface area (Å²) in [6.45, 7) is 2.16. The Bertz CT molecular complexity index is 344. The highest BCUT2D eigenvalue weighted by atomic mass is 16.5. The minimum atomic E-state index is -0.335. The summed E-state index contributed by atoms with van der Waals surface area (Å²) in [6.07, 6.45) is 3.09. The quantitative estimate of drug-likeness (QED) is 0.339. The Kier molecular flexibility index (Phi) is 4.37. The fourth-order valence-electron chi connectivity index (χ4n) is 1.05. The zero-order valence-electron chi connectivity index (χ0n) is 8.57. The molecule has 80 valence electrons. The van der Waals surface area contributed by atoms with Gasteiger partial charge in [0.1, 0.15) is 0 Å². The van der Waals surface area contributed by atoms with Crippen molar-refractivity contribution in [2.24, 2.45) is 5.84 Å². The average molecular weight is 206 g/mol. The molecule has 0 aliphatic rings. The molecular weight excluding hydrogens is 192 g/mol. The second-order valence-electron chi connectivity index (χ2n) is 2.85. The van der Waals surface area contributed by atoms with Gasteiger partial charge in [-0.15, -0.1) is 0 Å². The van der Waals surface area contributed by atoms with E-state index >= 15 is 0 Å². The molecule has 0 bridgehead atoms. The van der Waals surface area contributed by atoms with Gasteiger partial charge in [-0.3, -0.25) is 5.84 Å². The van der Waals surface area contributed by atoms with Gasteiger partial charge in [0.2, 0.25) is 0 Å². The molecule has 0 unspecified atom stereocenters. The molecule has 0 aromatic heterocycles. The zero-order chi connectivity index (χ0) is 11.1. The van der Waals surface area contributed by atoms with Gasteiger partial charge in [-0.05, 0) is 30.7 Å². The second-order valence-corrected chi connectivity index (χ2v) is 2.85. The molecule has 0 saturated heterocycles. The number of hydrogen-bond acceptors (Lipinski definition) is 4. The maximum Gasteiger partial charge on any atom is 0.330 e. The third-order valence-corrected chi connectivity index (χ3v) is 1.78. The van der Waals surface area contributed by atoms with E-state index in [-0.39, 0.29) is 5.97 Å². The lowest BCUT2D eigenvalue weighted by atomic mass is 10.2. The van der Waals surface area contributed by atoms with Crippen molar-refractivity contribution in [3.63, 3.8) is 0 Å². The molecule has 3 N–H and O–H groups in total. The lowest BCUT2D eigenvalue weighted by Gasteiger charge is -1.99. The number of nitrogens with one attached hydrogen (secondary N) is 1. The van der Waals surface area contributed by atoms with Crippen LogP contribution in [0.1, 0.15) is 12.5 Å². The molecule has 4 heteroatoms. The summed E-state index contributed by atoms with van der Waals surface area (Å²) in [5.74, 6) is 4.88. The van der Waals surface area contributed by atoms with Gasteiger partial charge >= 0.3 is 5.97 Å². The monoisotopic (exact) mass is 206 g/mol. The number of hydrazine groups is 1. The highest BCUT2D eigenvalue weighted by Crippen LogP contribution is 2.09.